The van der Waals surface area contributed by atoms with Gasteiger partial charge in [-0.1, -0.05) is 35.9 Å². The van der Waals surface area contributed by atoms with E-state index in [1.54, 1.807) is 6.07 Å². The van der Waals surface area contributed by atoms with Gasteiger partial charge in [0.1, 0.15) is 11.9 Å². The lowest BCUT2D eigenvalue weighted by molar-refractivity contribution is -0.123. The van der Waals surface area contributed by atoms with Gasteiger partial charge in [0.2, 0.25) is 11.9 Å². The molecule has 2 heterocycles. The molecule has 7 nitrogen and oxygen atoms in total. The number of carbonyl (C=O) groups excluding carboxylic acids is 2. The summed E-state index contributed by atoms with van der Waals surface area (Å²) in [5.41, 5.74) is 2.27. The van der Waals surface area contributed by atoms with Crippen molar-refractivity contribution in [2.45, 2.75) is 19.4 Å². The second kappa shape index (κ2) is 6.64. The molecule has 27 heavy (non-hydrogen) atoms. The van der Waals surface area contributed by atoms with Crippen LogP contribution >= 0.6 is 0 Å². The number of nitrogens with zero attached hydrogens (tertiary/aromatic N) is 3. The molecule has 0 saturated carbocycles. The third kappa shape index (κ3) is 3.41. The van der Waals surface area contributed by atoms with Gasteiger partial charge in [-0.15, -0.1) is 5.10 Å². The van der Waals surface area contributed by atoms with E-state index in [-0.39, 0.29) is 12.3 Å². The predicted octanol–water partition coefficient (Wildman–Crippen LogP) is 2.91. The van der Waals surface area contributed by atoms with Crippen molar-refractivity contribution < 1.29 is 14.0 Å². The lowest BCUT2D eigenvalue weighted by atomic mass is 10.1. The average Bonchev–Trinajstić information content (AvgIpc) is 3.15. The molecule has 2 aromatic carbocycles. The Balaban J connectivity index is 1.52. The van der Waals surface area contributed by atoms with E-state index in [1.807, 2.05) is 31.2 Å². The minimum Gasteiger partial charge on any atom is -0.326 e. The molecule has 0 saturated heterocycles. The Kier molecular flexibility index (Phi) is 4.15. The van der Waals surface area contributed by atoms with Crippen LogP contribution in [-0.4, -0.2) is 26.6 Å². The molecular weight excluding hydrogens is 349 g/mol. The van der Waals surface area contributed by atoms with Gasteiger partial charge >= 0.3 is 0 Å². The molecule has 0 radical (unpaired) electrons. The van der Waals surface area contributed by atoms with Crippen LogP contribution in [0.1, 0.15) is 18.0 Å². The summed E-state index contributed by atoms with van der Waals surface area (Å²) in [6.45, 7) is 1.98. The van der Waals surface area contributed by atoms with E-state index < -0.39 is 17.8 Å². The molecule has 2 N–H and O–H groups in total. The third-order valence-corrected chi connectivity index (χ3v) is 4.26. The minimum absolute atomic E-state index is 0.133. The topological polar surface area (TPSA) is 88.9 Å². The van der Waals surface area contributed by atoms with E-state index in [0.29, 0.717) is 17.5 Å². The number of carbonyl (C=O) groups is 2. The molecule has 8 heteroatoms. The van der Waals surface area contributed by atoms with Gasteiger partial charge in [0, 0.05) is 11.3 Å². The van der Waals surface area contributed by atoms with E-state index in [0.717, 1.165) is 11.1 Å². The molecule has 0 unspecified atom stereocenters. The van der Waals surface area contributed by atoms with Crippen LogP contribution < -0.4 is 10.6 Å². The maximum atomic E-state index is 13.2. The third-order valence-electron chi connectivity index (χ3n) is 4.26. The fourth-order valence-corrected chi connectivity index (χ4v) is 2.89. The summed E-state index contributed by atoms with van der Waals surface area (Å²) in [6, 6.07) is 12.5. The molecular formula is C19H16FN5O2. The first-order valence-corrected chi connectivity index (χ1v) is 8.39. The van der Waals surface area contributed by atoms with Crippen LogP contribution in [0.2, 0.25) is 0 Å². The van der Waals surface area contributed by atoms with Crippen molar-refractivity contribution in [3.05, 3.63) is 59.9 Å². The van der Waals surface area contributed by atoms with E-state index in [1.165, 1.54) is 22.9 Å². The van der Waals surface area contributed by atoms with Crippen molar-refractivity contribution in [1.82, 2.24) is 14.8 Å². The second-order valence-electron chi connectivity index (χ2n) is 6.34. The first-order chi connectivity index (χ1) is 13.0. The number of anilines is 2. The number of aryl methyl sites for hydroxylation is 1. The van der Waals surface area contributed by atoms with Crippen molar-refractivity contribution in [1.29, 1.82) is 0 Å². The Morgan fingerprint density at radius 2 is 2.04 bits per heavy atom. The second-order valence-corrected chi connectivity index (χ2v) is 6.34. The number of fused-ring (bicyclic) bond motifs is 1. The number of benzene rings is 2. The molecule has 0 spiro atoms. The van der Waals surface area contributed by atoms with Crippen molar-refractivity contribution in [3.8, 4) is 11.4 Å². The van der Waals surface area contributed by atoms with Crippen LogP contribution in [0.3, 0.4) is 0 Å². The molecule has 0 aliphatic carbocycles. The SMILES string of the molecule is Cc1ccc(-c2nc3n(n2)[C@@H](CC(=O)Nc2cccc(F)c2)C(=O)N3)cc1. The van der Waals surface area contributed by atoms with Gasteiger partial charge in [-0.25, -0.2) is 9.07 Å². The van der Waals surface area contributed by atoms with Gasteiger partial charge in [-0.2, -0.15) is 4.98 Å². The molecule has 1 aliphatic rings. The highest BCUT2D eigenvalue weighted by molar-refractivity contribution is 6.01. The highest BCUT2D eigenvalue weighted by atomic mass is 19.1. The van der Waals surface area contributed by atoms with Gasteiger partial charge in [0.25, 0.3) is 5.91 Å². The summed E-state index contributed by atoms with van der Waals surface area (Å²) >= 11 is 0. The van der Waals surface area contributed by atoms with Gasteiger partial charge in [-0.05, 0) is 25.1 Å². The standard InChI is InChI=1S/C19H16FN5O2/c1-11-5-7-12(8-6-11)17-22-19-23-18(27)15(25(19)24-17)10-16(26)21-14-4-2-3-13(20)9-14/h2-9,15H,10H2,1H3,(H,21,26)(H,22,23,24,27)/t15-/m0/s1. The van der Waals surface area contributed by atoms with Crippen molar-refractivity contribution in [2.24, 2.45) is 0 Å². The molecule has 1 aliphatic heterocycles. The number of hydrogen-bond donors (Lipinski definition) is 2. The molecule has 1 atom stereocenters. The van der Waals surface area contributed by atoms with Gasteiger partial charge in [0.15, 0.2) is 5.82 Å². The van der Waals surface area contributed by atoms with Crippen molar-refractivity contribution in [2.75, 3.05) is 10.6 Å². The van der Waals surface area contributed by atoms with E-state index >= 15 is 0 Å². The van der Waals surface area contributed by atoms with Crippen molar-refractivity contribution in [3.63, 3.8) is 0 Å². The van der Waals surface area contributed by atoms with Crippen molar-refractivity contribution >= 4 is 23.5 Å². The molecule has 136 valence electrons. The Hall–Kier alpha value is -3.55. The Labute approximate surface area is 154 Å². The zero-order valence-electron chi connectivity index (χ0n) is 14.4. The normalized spacial score (nSPS) is 15.3. The van der Waals surface area contributed by atoms with Gasteiger partial charge in [0.05, 0.1) is 6.42 Å². The smallest absolute Gasteiger partial charge is 0.252 e. The maximum Gasteiger partial charge on any atom is 0.252 e. The number of rotatable bonds is 4. The first kappa shape index (κ1) is 16.9. The Morgan fingerprint density at radius 1 is 1.26 bits per heavy atom. The summed E-state index contributed by atoms with van der Waals surface area (Å²) in [7, 11) is 0. The van der Waals surface area contributed by atoms with Crippen LogP contribution in [0, 0.1) is 12.7 Å². The number of hydrogen-bond acceptors (Lipinski definition) is 4. The number of aromatic nitrogens is 3. The van der Waals surface area contributed by atoms with Gasteiger partial charge < -0.3 is 5.32 Å². The summed E-state index contributed by atoms with van der Waals surface area (Å²) in [5.74, 6) is -0.441. The first-order valence-electron chi connectivity index (χ1n) is 8.39. The van der Waals surface area contributed by atoms with E-state index in [9.17, 15) is 14.0 Å². The summed E-state index contributed by atoms with van der Waals surface area (Å²) < 4.78 is 14.7. The average molecular weight is 365 g/mol. The van der Waals surface area contributed by atoms with Crippen LogP contribution in [-0.2, 0) is 9.59 Å². The lowest BCUT2D eigenvalue weighted by Gasteiger charge is -2.10. The fraction of sp³-hybridized carbons (Fsp3) is 0.158. The lowest BCUT2D eigenvalue weighted by Crippen LogP contribution is -2.23. The molecule has 4 rings (SSSR count). The molecule has 3 aromatic rings. The number of amides is 2. The summed E-state index contributed by atoms with van der Waals surface area (Å²) in [5, 5.41) is 9.60. The molecule has 0 bridgehead atoms. The molecule has 1 aromatic heterocycles. The zero-order chi connectivity index (χ0) is 19.0. The monoisotopic (exact) mass is 365 g/mol. The Morgan fingerprint density at radius 3 is 2.78 bits per heavy atom. The number of halogens is 1. The summed E-state index contributed by atoms with van der Waals surface area (Å²) in [4.78, 5) is 28.8. The molecule has 0 fully saturated rings. The Bertz CT molecular complexity index is 1030. The number of nitrogens with one attached hydrogen (secondary N) is 2. The summed E-state index contributed by atoms with van der Waals surface area (Å²) in [6.07, 6.45) is -0.133. The zero-order valence-corrected chi connectivity index (χ0v) is 14.4. The maximum absolute atomic E-state index is 13.2. The van der Waals surface area contributed by atoms with Crippen LogP contribution in [0.5, 0.6) is 0 Å². The van der Waals surface area contributed by atoms with Gasteiger partial charge in [-0.3, -0.25) is 14.9 Å². The molecule has 2 amide bonds. The predicted molar refractivity (Wildman–Crippen MR) is 97.5 cm³/mol. The quantitative estimate of drug-likeness (QED) is 0.744. The van der Waals surface area contributed by atoms with E-state index in [2.05, 4.69) is 20.7 Å². The fourth-order valence-electron chi connectivity index (χ4n) is 2.89. The highest BCUT2D eigenvalue weighted by Gasteiger charge is 2.35. The van der Waals surface area contributed by atoms with E-state index in [4.69, 9.17) is 0 Å². The largest absolute Gasteiger partial charge is 0.326 e. The van der Waals surface area contributed by atoms with Crippen LogP contribution in [0.15, 0.2) is 48.5 Å². The van der Waals surface area contributed by atoms with Crippen LogP contribution in [0.4, 0.5) is 16.0 Å². The van der Waals surface area contributed by atoms with Crippen LogP contribution in [0.25, 0.3) is 11.4 Å². The minimum atomic E-state index is -0.805. The highest BCUT2D eigenvalue weighted by Crippen LogP contribution is 2.28.